The van der Waals surface area contributed by atoms with Gasteiger partial charge in [-0.15, -0.1) is 12.4 Å². The summed E-state index contributed by atoms with van der Waals surface area (Å²) in [5.74, 6) is 0.664. The molecule has 5 heteroatoms. The van der Waals surface area contributed by atoms with Gasteiger partial charge in [-0.1, -0.05) is 11.3 Å². The summed E-state index contributed by atoms with van der Waals surface area (Å²) in [6.07, 6.45) is 4.32. The average molecular weight is 235 g/mol. The molecular weight excluding hydrogens is 220 g/mol. The van der Waals surface area contributed by atoms with Crippen LogP contribution in [0, 0.1) is 5.92 Å². The van der Waals surface area contributed by atoms with Gasteiger partial charge in [0.25, 0.3) is 5.19 Å². The molecule has 1 aromatic rings. The Hall–Kier alpha value is -0.320. The van der Waals surface area contributed by atoms with Crippen LogP contribution < -0.4 is 10.1 Å². The summed E-state index contributed by atoms with van der Waals surface area (Å²) in [6.45, 7) is 3.06. The monoisotopic (exact) mass is 234 g/mol. The standard InChI is InChI=1S/C9H14N2OS.ClH/c1-2-8(6-10-3-1)7-12-9-11-4-5-13-9;/h4-5,8,10H,1-3,6-7H2;1H. The van der Waals surface area contributed by atoms with Crippen LogP contribution in [-0.2, 0) is 0 Å². The predicted octanol–water partition coefficient (Wildman–Crippen LogP) is 1.94. The Balaban J connectivity index is 0.000000980. The first-order chi connectivity index (χ1) is 6.45. The average Bonchev–Trinajstić information content (AvgIpc) is 2.69. The minimum atomic E-state index is 0. The number of thiazole rings is 1. The van der Waals surface area contributed by atoms with E-state index in [1.165, 1.54) is 12.8 Å². The first-order valence-electron chi connectivity index (χ1n) is 4.68. The van der Waals surface area contributed by atoms with Crippen LogP contribution in [0.2, 0.25) is 0 Å². The molecule has 1 aromatic heterocycles. The van der Waals surface area contributed by atoms with Gasteiger partial charge in [0, 0.05) is 24.0 Å². The van der Waals surface area contributed by atoms with Gasteiger partial charge in [0.05, 0.1) is 6.61 Å². The van der Waals surface area contributed by atoms with Gasteiger partial charge in [0.15, 0.2) is 0 Å². The molecule has 80 valence electrons. The minimum absolute atomic E-state index is 0. The van der Waals surface area contributed by atoms with Gasteiger partial charge in [0.1, 0.15) is 0 Å². The van der Waals surface area contributed by atoms with Crippen molar-refractivity contribution in [2.45, 2.75) is 12.8 Å². The number of aromatic nitrogens is 1. The molecule has 0 saturated carbocycles. The van der Waals surface area contributed by atoms with Crippen molar-refractivity contribution in [3.8, 4) is 5.19 Å². The van der Waals surface area contributed by atoms with Gasteiger partial charge in [-0.25, -0.2) is 4.98 Å². The molecule has 2 rings (SSSR count). The van der Waals surface area contributed by atoms with E-state index in [1.54, 1.807) is 17.5 Å². The van der Waals surface area contributed by atoms with Crippen LogP contribution in [0.25, 0.3) is 0 Å². The van der Waals surface area contributed by atoms with Crippen molar-refractivity contribution >= 4 is 23.7 Å². The van der Waals surface area contributed by atoms with E-state index in [0.29, 0.717) is 5.92 Å². The van der Waals surface area contributed by atoms with Gasteiger partial charge >= 0.3 is 0 Å². The molecule has 1 unspecified atom stereocenters. The van der Waals surface area contributed by atoms with Gasteiger partial charge in [-0.05, 0) is 19.4 Å². The van der Waals surface area contributed by atoms with Crippen LogP contribution in [0.5, 0.6) is 5.19 Å². The Morgan fingerprint density at radius 2 is 2.57 bits per heavy atom. The number of piperidine rings is 1. The number of halogens is 1. The molecule has 14 heavy (non-hydrogen) atoms. The number of rotatable bonds is 3. The fraction of sp³-hybridized carbons (Fsp3) is 0.667. The zero-order valence-electron chi connectivity index (χ0n) is 7.94. The largest absolute Gasteiger partial charge is 0.470 e. The molecule has 1 atom stereocenters. The molecule has 0 aromatic carbocycles. The summed E-state index contributed by atoms with van der Waals surface area (Å²) < 4.78 is 5.55. The Labute approximate surface area is 94.3 Å². The second kappa shape index (κ2) is 6.22. The van der Waals surface area contributed by atoms with Gasteiger partial charge < -0.3 is 10.1 Å². The molecule has 1 aliphatic heterocycles. The van der Waals surface area contributed by atoms with Gasteiger partial charge in [-0.3, -0.25) is 0 Å². The van der Waals surface area contributed by atoms with E-state index in [-0.39, 0.29) is 12.4 Å². The van der Waals surface area contributed by atoms with E-state index >= 15 is 0 Å². The van der Waals surface area contributed by atoms with Crippen LogP contribution in [0.4, 0.5) is 0 Å². The number of ether oxygens (including phenoxy) is 1. The fourth-order valence-electron chi connectivity index (χ4n) is 1.54. The number of nitrogens with zero attached hydrogens (tertiary/aromatic N) is 1. The van der Waals surface area contributed by atoms with E-state index in [9.17, 15) is 0 Å². The third-order valence-corrected chi connectivity index (χ3v) is 2.93. The lowest BCUT2D eigenvalue weighted by atomic mass is 10.0. The van der Waals surface area contributed by atoms with Crippen LogP contribution in [0.1, 0.15) is 12.8 Å². The lowest BCUT2D eigenvalue weighted by Crippen LogP contribution is -2.32. The minimum Gasteiger partial charge on any atom is -0.470 e. The van der Waals surface area contributed by atoms with Crippen LogP contribution in [0.3, 0.4) is 0 Å². The first kappa shape index (κ1) is 11.8. The maximum atomic E-state index is 5.55. The van der Waals surface area contributed by atoms with Crippen molar-refractivity contribution in [2.24, 2.45) is 5.92 Å². The number of hydrogen-bond donors (Lipinski definition) is 1. The van der Waals surface area contributed by atoms with Crippen LogP contribution >= 0.6 is 23.7 Å². The SMILES string of the molecule is Cl.c1csc(OCC2CCCNC2)n1. The molecule has 1 saturated heterocycles. The predicted molar refractivity (Wildman–Crippen MR) is 60.5 cm³/mol. The second-order valence-corrected chi connectivity index (χ2v) is 4.18. The highest BCUT2D eigenvalue weighted by atomic mass is 35.5. The topological polar surface area (TPSA) is 34.1 Å². The van der Waals surface area contributed by atoms with Crippen LogP contribution in [-0.4, -0.2) is 24.7 Å². The summed E-state index contributed by atoms with van der Waals surface area (Å²) in [5, 5.41) is 6.10. The molecule has 0 aliphatic carbocycles. The zero-order valence-corrected chi connectivity index (χ0v) is 9.57. The Morgan fingerprint density at radius 1 is 1.64 bits per heavy atom. The van der Waals surface area contributed by atoms with Crippen LogP contribution in [0.15, 0.2) is 11.6 Å². The van der Waals surface area contributed by atoms with Crippen molar-refractivity contribution in [2.75, 3.05) is 19.7 Å². The Bertz CT molecular complexity index is 237. The van der Waals surface area contributed by atoms with Crippen molar-refractivity contribution in [3.63, 3.8) is 0 Å². The number of hydrogen-bond acceptors (Lipinski definition) is 4. The lowest BCUT2D eigenvalue weighted by Gasteiger charge is -2.21. The maximum Gasteiger partial charge on any atom is 0.273 e. The molecule has 1 N–H and O–H groups in total. The summed E-state index contributed by atoms with van der Waals surface area (Å²) >= 11 is 1.56. The molecule has 0 spiro atoms. The highest BCUT2D eigenvalue weighted by Gasteiger charge is 2.13. The van der Waals surface area contributed by atoms with Gasteiger partial charge in [0.2, 0.25) is 0 Å². The molecular formula is C9H15ClN2OS. The molecule has 0 bridgehead atoms. The molecule has 1 fully saturated rings. The van der Waals surface area contributed by atoms with E-state index in [4.69, 9.17) is 4.74 Å². The molecule has 2 heterocycles. The quantitative estimate of drug-likeness (QED) is 0.868. The summed E-state index contributed by atoms with van der Waals surface area (Å²) in [4.78, 5) is 4.08. The maximum absolute atomic E-state index is 5.55. The molecule has 1 aliphatic rings. The van der Waals surface area contributed by atoms with Crippen molar-refractivity contribution in [1.29, 1.82) is 0 Å². The third kappa shape index (κ3) is 3.44. The van der Waals surface area contributed by atoms with E-state index in [0.717, 1.165) is 24.9 Å². The van der Waals surface area contributed by atoms with E-state index < -0.39 is 0 Å². The molecule has 3 nitrogen and oxygen atoms in total. The summed E-state index contributed by atoms with van der Waals surface area (Å²) in [7, 11) is 0. The smallest absolute Gasteiger partial charge is 0.273 e. The molecule has 0 radical (unpaired) electrons. The Kier molecular flexibility index (Phi) is 5.22. The lowest BCUT2D eigenvalue weighted by molar-refractivity contribution is 0.218. The van der Waals surface area contributed by atoms with Crippen molar-refractivity contribution < 1.29 is 4.74 Å². The highest BCUT2D eigenvalue weighted by Crippen LogP contribution is 2.16. The van der Waals surface area contributed by atoms with E-state index in [1.807, 2.05) is 5.38 Å². The fourth-order valence-corrected chi connectivity index (χ4v) is 2.03. The highest BCUT2D eigenvalue weighted by molar-refractivity contribution is 7.11. The van der Waals surface area contributed by atoms with Crippen molar-refractivity contribution in [3.05, 3.63) is 11.6 Å². The molecule has 0 amide bonds. The first-order valence-corrected chi connectivity index (χ1v) is 5.56. The van der Waals surface area contributed by atoms with Gasteiger partial charge in [-0.2, -0.15) is 0 Å². The van der Waals surface area contributed by atoms with E-state index in [2.05, 4.69) is 10.3 Å². The second-order valence-electron chi connectivity index (χ2n) is 3.32. The number of nitrogens with one attached hydrogen (secondary N) is 1. The summed E-state index contributed by atoms with van der Waals surface area (Å²) in [6, 6.07) is 0. The van der Waals surface area contributed by atoms with Crippen molar-refractivity contribution in [1.82, 2.24) is 10.3 Å². The summed E-state index contributed by atoms with van der Waals surface area (Å²) in [5.41, 5.74) is 0. The third-order valence-electron chi connectivity index (χ3n) is 2.25. The Morgan fingerprint density at radius 3 is 3.21 bits per heavy atom. The zero-order chi connectivity index (χ0) is 8.93. The normalized spacial score (nSPS) is 21.3.